The number of nitrogens with zero attached hydrogens (tertiary/aromatic N) is 2. The third-order valence-corrected chi connectivity index (χ3v) is 1.61. The molecule has 0 aromatic heterocycles. The van der Waals surface area contributed by atoms with Gasteiger partial charge in [-0.05, 0) is 12.2 Å². The Morgan fingerprint density at radius 1 is 1.75 bits per heavy atom. The van der Waals surface area contributed by atoms with E-state index in [0.29, 0.717) is 0 Å². The highest BCUT2D eigenvalue weighted by Gasteiger charge is 2.11. The molecule has 0 aliphatic carbocycles. The first-order valence-corrected chi connectivity index (χ1v) is 4.45. The molecule has 0 aromatic rings. The number of amides is 1. The van der Waals surface area contributed by atoms with Gasteiger partial charge >= 0.3 is 0 Å². The molecule has 1 amide bonds. The summed E-state index contributed by atoms with van der Waals surface area (Å²) in [5.74, 6) is -0.630. The van der Waals surface area contributed by atoms with Gasteiger partial charge in [0.25, 0.3) is 5.91 Å². The lowest BCUT2D eigenvalue weighted by atomic mass is 10.2. The number of oxime groups is 1. The molecule has 1 unspecified atom stereocenters. The Morgan fingerprint density at radius 2 is 2.38 bits per heavy atom. The maximum Gasteiger partial charge on any atom is 0.273 e. The number of hydrogen-bond donors (Lipinski definition) is 2. The highest BCUT2D eigenvalue weighted by Crippen LogP contribution is 1.92. The molecular formula is C9H13N3O4. The van der Waals surface area contributed by atoms with Crippen LogP contribution in [0.3, 0.4) is 0 Å². The molecule has 7 heteroatoms. The zero-order valence-corrected chi connectivity index (χ0v) is 8.79. The standard InChI is InChI=1S/C9H13N3O4/c1-3-6-10-9(13)8(11-14)5-4-7(2)12(15)16/h3-5,7,14H,1,6H2,2H3,(H,10,13)/b5-4+,11-8+. The van der Waals surface area contributed by atoms with Crippen molar-refractivity contribution in [3.63, 3.8) is 0 Å². The van der Waals surface area contributed by atoms with Crippen molar-refractivity contribution in [1.82, 2.24) is 5.32 Å². The van der Waals surface area contributed by atoms with Crippen LogP contribution in [0.2, 0.25) is 0 Å². The summed E-state index contributed by atoms with van der Waals surface area (Å²) in [7, 11) is 0. The molecule has 7 nitrogen and oxygen atoms in total. The third-order valence-electron chi connectivity index (χ3n) is 1.61. The maximum absolute atomic E-state index is 11.2. The topological polar surface area (TPSA) is 105 Å². The number of nitrogens with one attached hydrogen (secondary N) is 1. The van der Waals surface area contributed by atoms with Crippen molar-refractivity contribution in [3.05, 3.63) is 34.9 Å². The van der Waals surface area contributed by atoms with Crippen molar-refractivity contribution in [1.29, 1.82) is 0 Å². The molecule has 1 atom stereocenters. The Morgan fingerprint density at radius 3 is 2.81 bits per heavy atom. The van der Waals surface area contributed by atoms with Crippen molar-refractivity contribution in [3.8, 4) is 0 Å². The highest BCUT2D eigenvalue weighted by atomic mass is 16.6. The van der Waals surface area contributed by atoms with E-state index in [0.717, 1.165) is 12.2 Å². The largest absolute Gasteiger partial charge is 0.410 e. The lowest BCUT2D eigenvalue weighted by Gasteiger charge is -2.00. The van der Waals surface area contributed by atoms with Crippen LogP contribution in [-0.4, -0.2) is 34.3 Å². The molecule has 0 radical (unpaired) electrons. The second-order valence-electron chi connectivity index (χ2n) is 2.87. The minimum atomic E-state index is -0.955. The van der Waals surface area contributed by atoms with Gasteiger partial charge in [0.1, 0.15) is 0 Å². The molecule has 2 N–H and O–H groups in total. The zero-order chi connectivity index (χ0) is 12.6. The number of rotatable bonds is 6. The molecule has 0 heterocycles. The SMILES string of the molecule is C=CCNC(=O)C(/C=C/C(C)[N+](=O)[O-])=N/O. The second-order valence-corrected chi connectivity index (χ2v) is 2.87. The van der Waals surface area contributed by atoms with Crippen LogP contribution in [0.1, 0.15) is 6.92 Å². The number of nitro groups is 1. The van der Waals surface area contributed by atoms with E-state index >= 15 is 0 Å². The van der Waals surface area contributed by atoms with Crippen molar-refractivity contribution < 1.29 is 14.9 Å². The predicted octanol–water partition coefficient (Wildman–Crippen LogP) is 0.340. The summed E-state index contributed by atoms with van der Waals surface area (Å²) in [5.41, 5.74) is -0.296. The van der Waals surface area contributed by atoms with Gasteiger partial charge in [-0.15, -0.1) is 6.58 Å². The van der Waals surface area contributed by atoms with Crippen molar-refractivity contribution in [2.24, 2.45) is 5.16 Å². The van der Waals surface area contributed by atoms with Gasteiger partial charge in [-0.2, -0.15) is 0 Å². The van der Waals surface area contributed by atoms with Gasteiger partial charge in [0, 0.05) is 18.4 Å². The third kappa shape index (κ3) is 4.89. The van der Waals surface area contributed by atoms with Crippen molar-refractivity contribution in [2.75, 3.05) is 6.54 Å². The fourth-order valence-electron chi connectivity index (χ4n) is 0.711. The van der Waals surface area contributed by atoms with Gasteiger partial charge in [0.2, 0.25) is 6.04 Å². The monoisotopic (exact) mass is 227 g/mol. The van der Waals surface area contributed by atoms with Gasteiger partial charge in [0.15, 0.2) is 5.71 Å². The minimum Gasteiger partial charge on any atom is -0.410 e. The van der Waals surface area contributed by atoms with Gasteiger partial charge in [-0.1, -0.05) is 11.2 Å². The summed E-state index contributed by atoms with van der Waals surface area (Å²) < 4.78 is 0. The fourth-order valence-corrected chi connectivity index (χ4v) is 0.711. The Hall–Kier alpha value is -2.18. The number of carbonyl (C=O) groups excluding carboxylic acids is 1. The van der Waals surface area contributed by atoms with Crippen LogP contribution in [0.25, 0.3) is 0 Å². The van der Waals surface area contributed by atoms with Crippen LogP contribution in [-0.2, 0) is 4.79 Å². The molecule has 0 rings (SSSR count). The summed E-state index contributed by atoms with van der Waals surface area (Å²) in [6.45, 7) is 4.95. The average molecular weight is 227 g/mol. The molecule has 0 aromatic carbocycles. The van der Waals surface area contributed by atoms with E-state index in [4.69, 9.17) is 5.21 Å². The first-order chi connectivity index (χ1) is 7.52. The summed E-state index contributed by atoms with van der Waals surface area (Å²) in [6, 6.07) is -0.955. The van der Waals surface area contributed by atoms with E-state index in [1.54, 1.807) is 0 Å². The first-order valence-electron chi connectivity index (χ1n) is 4.45. The van der Waals surface area contributed by atoms with Crippen LogP contribution in [0.4, 0.5) is 0 Å². The molecule has 0 aliphatic heterocycles. The maximum atomic E-state index is 11.2. The van der Waals surface area contributed by atoms with Gasteiger partial charge in [-0.3, -0.25) is 14.9 Å². The lowest BCUT2D eigenvalue weighted by molar-refractivity contribution is -0.504. The van der Waals surface area contributed by atoms with Crippen LogP contribution < -0.4 is 5.32 Å². The van der Waals surface area contributed by atoms with E-state index in [2.05, 4.69) is 17.1 Å². The van der Waals surface area contributed by atoms with E-state index in [9.17, 15) is 14.9 Å². The molecule has 0 aliphatic rings. The number of carbonyl (C=O) groups is 1. The molecule has 0 saturated heterocycles. The van der Waals surface area contributed by atoms with Gasteiger partial charge < -0.3 is 10.5 Å². The van der Waals surface area contributed by atoms with Crippen molar-refractivity contribution >= 4 is 11.6 Å². The Bertz CT molecular complexity index is 336. The predicted molar refractivity (Wildman–Crippen MR) is 58.0 cm³/mol. The molecule has 88 valence electrons. The van der Waals surface area contributed by atoms with E-state index < -0.39 is 16.9 Å². The summed E-state index contributed by atoms with van der Waals surface area (Å²) >= 11 is 0. The molecule has 16 heavy (non-hydrogen) atoms. The summed E-state index contributed by atoms with van der Waals surface area (Å²) in [4.78, 5) is 21.0. The molecule has 0 bridgehead atoms. The van der Waals surface area contributed by atoms with E-state index in [1.165, 1.54) is 13.0 Å². The molecule has 0 spiro atoms. The molecule has 0 fully saturated rings. The van der Waals surface area contributed by atoms with Crippen LogP contribution in [0.5, 0.6) is 0 Å². The highest BCUT2D eigenvalue weighted by molar-refractivity contribution is 6.43. The Labute approximate surface area is 92.3 Å². The molecular weight excluding hydrogens is 214 g/mol. The zero-order valence-electron chi connectivity index (χ0n) is 8.79. The van der Waals surface area contributed by atoms with E-state index in [1.807, 2.05) is 0 Å². The van der Waals surface area contributed by atoms with Crippen LogP contribution >= 0.6 is 0 Å². The van der Waals surface area contributed by atoms with Crippen LogP contribution in [0.15, 0.2) is 30.0 Å². The molecule has 0 saturated carbocycles. The van der Waals surface area contributed by atoms with Crippen molar-refractivity contribution in [2.45, 2.75) is 13.0 Å². The average Bonchev–Trinajstić information content (AvgIpc) is 2.26. The normalized spacial score (nSPS) is 13.4. The summed E-state index contributed by atoms with van der Waals surface area (Å²) in [5, 5.41) is 23.9. The Kier molecular flexibility index (Phi) is 6.18. The van der Waals surface area contributed by atoms with Gasteiger partial charge in [-0.25, -0.2) is 0 Å². The first kappa shape index (κ1) is 13.8. The van der Waals surface area contributed by atoms with Gasteiger partial charge in [0.05, 0.1) is 0 Å². The quantitative estimate of drug-likeness (QED) is 0.224. The number of hydrogen-bond acceptors (Lipinski definition) is 5. The van der Waals surface area contributed by atoms with Crippen LogP contribution in [0, 0.1) is 10.1 Å². The minimum absolute atomic E-state index is 0.219. The summed E-state index contributed by atoms with van der Waals surface area (Å²) in [6.07, 6.45) is 3.70. The fraction of sp³-hybridized carbons (Fsp3) is 0.333. The van der Waals surface area contributed by atoms with E-state index in [-0.39, 0.29) is 12.3 Å². The Balaban J connectivity index is 4.47. The lowest BCUT2D eigenvalue weighted by Crippen LogP contribution is -2.30. The smallest absolute Gasteiger partial charge is 0.273 e. The second kappa shape index (κ2) is 7.16.